The van der Waals surface area contributed by atoms with Gasteiger partial charge in [-0.15, -0.1) is 10.2 Å². The number of aromatic nitrogens is 3. The predicted molar refractivity (Wildman–Crippen MR) is 61.4 cm³/mol. The summed E-state index contributed by atoms with van der Waals surface area (Å²) in [5, 5.41) is 13.6. The second-order valence-electron chi connectivity index (χ2n) is 4.66. The van der Waals surface area contributed by atoms with Crippen LogP contribution in [0, 0.1) is 0 Å². The van der Waals surface area contributed by atoms with Gasteiger partial charge in [0, 0.05) is 19.4 Å². The maximum absolute atomic E-state index is 11.8. The van der Waals surface area contributed by atoms with Crippen LogP contribution in [0.2, 0.25) is 0 Å². The average molecular weight is 249 g/mol. The molecule has 1 atom stereocenters. The number of fused-ring (bicyclic) bond motifs is 1. The van der Waals surface area contributed by atoms with Gasteiger partial charge >= 0.3 is 0 Å². The minimum absolute atomic E-state index is 0.0569. The van der Waals surface area contributed by atoms with E-state index in [1.54, 1.807) is 0 Å². The van der Waals surface area contributed by atoms with Crippen LogP contribution in [0.15, 0.2) is 0 Å². The zero-order valence-corrected chi connectivity index (χ0v) is 9.98. The van der Waals surface area contributed by atoms with Gasteiger partial charge in [0.2, 0.25) is 11.8 Å². The van der Waals surface area contributed by atoms with Crippen molar-refractivity contribution in [1.29, 1.82) is 0 Å². The summed E-state index contributed by atoms with van der Waals surface area (Å²) in [6.45, 7) is 1.30. The monoisotopic (exact) mass is 249 g/mol. The van der Waals surface area contributed by atoms with Crippen molar-refractivity contribution in [2.24, 2.45) is 0 Å². The van der Waals surface area contributed by atoms with Gasteiger partial charge in [-0.2, -0.15) is 0 Å². The first-order valence-corrected chi connectivity index (χ1v) is 6.22. The van der Waals surface area contributed by atoms with Crippen molar-refractivity contribution in [3.8, 4) is 0 Å². The summed E-state index contributed by atoms with van der Waals surface area (Å²) in [6, 6.07) is -0.390. The van der Waals surface area contributed by atoms with Crippen LogP contribution >= 0.6 is 0 Å². The highest BCUT2D eigenvalue weighted by molar-refractivity contribution is 5.90. The van der Waals surface area contributed by atoms with E-state index in [1.165, 1.54) is 0 Å². The van der Waals surface area contributed by atoms with Gasteiger partial charge < -0.3 is 15.2 Å². The molecule has 0 spiro atoms. The Morgan fingerprint density at radius 3 is 3.11 bits per heavy atom. The summed E-state index contributed by atoms with van der Waals surface area (Å²) in [7, 11) is 0. The number of aryl methyl sites for hydroxylation is 1. The summed E-state index contributed by atoms with van der Waals surface area (Å²) in [5.41, 5.74) is 0. The molecule has 0 bridgehead atoms. The van der Waals surface area contributed by atoms with Gasteiger partial charge in [-0.25, -0.2) is 0 Å². The van der Waals surface area contributed by atoms with Crippen molar-refractivity contribution in [3.05, 3.63) is 11.6 Å². The fourth-order valence-electron chi connectivity index (χ4n) is 2.44. The number of carbonyl (C=O) groups excluding carboxylic acids is 2. The van der Waals surface area contributed by atoms with Crippen molar-refractivity contribution < 1.29 is 9.59 Å². The molecule has 2 aliphatic rings. The second-order valence-corrected chi connectivity index (χ2v) is 4.66. The molecule has 3 heterocycles. The third-order valence-corrected chi connectivity index (χ3v) is 3.42. The Morgan fingerprint density at radius 1 is 1.44 bits per heavy atom. The van der Waals surface area contributed by atoms with Crippen molar-refractivity contribution in [2.75, 3.05) is 0 Å². The van der Waals surface area contributed by atoms with Crippen LogP contribution < -0.4 is 10.6 Å². The van der Waals surface area contributed by atoms with Gasteiger partial charge in [0.15, 0.2) is 5.82 Å². The van der Waals surface area contributed by atoms with Crippen LogP contribution in [-0.2, 0) is 29.1 Å². The molecule has 0 aliphatic carbocycles. The lowest BCUT2D eigenvalue weighted by Gasteiger charge is -2.10. The summed E-state index contributed by atoms with van der Waals surface area (Å²) in [4.78, 5) is 22.8. The molecular weight excluding hydrogens is 234 g/mol. The average Bonchev–Trinajstić information content (AvgIpc) is 3.02. The van der Waals surface area contributed by atoms with E-state index >= 15 is 0 Å². The molecule has 0 aromatic carbocycles. The van der Waals surface area contributed by atoms with Crippen LogP contribution in [-0.4, -0.2) is 32.6 Å². The first-order chi connectivity index (χ1) is 8.74. The molecule has 2 aliphatic heterocycles. The molecule has 7 heteroatoms. The zero-order chi connectivity index (χ0) is 12.5. The topological polar surface area (TPSA) is 88.9 Å². The van der Waals surface area contributed by atoms with Crippen LogP contribution in [0.3, 0.4) is 0 Å². The minimum Gasteiger partial charge on any atom is -0.347 e. The molecule has 1 aromatic heterocycles. The van der Waals surface area contributed by atoms with Gasteiger partial charge in [0.05, 0.1) is 6.54 Å². The van der Waals surface area contributed by atoms with Crippen LogP contribution in [0.25, 0.3) is 0 Å². The van der Waals surface area contributed by atoms with E-state index in [4.69, 9.17) is 0 Å². The standard InChI is InChI=1S/C11H15N5O2/c17-10-4-3-7(13-10)11(18)12-6-9-15-14-8-2-1-5-16(8)9/h7H,1-6H2,(H,12,18)(H,13,17)/t7-/m0/s1. The van der Waals surface area contributed by atoms with Crippen molar-refractivity contribution in [2.45, 2.75) is 44.8 Å². The molecule has 2 N–H and O–H groups in total. The van der Waals surface area contributed by atoms with Gasteiger partial charge in [-0.1, -0.05) is 0 Å². The number of hydrogen-bond acceptors (Lipinski definition) is 4. The molecule has 1 saturated heterocycles. The van der Waals surface area contributed by atoms with Gasteiger partial charge in [-0.05, 0) is 12.8 Å². The minimum atomic E-state index is -0.390. The fraction of sp³-hybridized carbons (Fsp3) is 0.636. The molecule has 2 amide bonds. The van der Waals surface area contributed by atoms with Gasteiger partial charge in [0.25, 0.3) is 0 Å². The number of rotatable bonds is 3. The summed E-state index contributed by atoms with van der Waals surface area (Å²) >= 11 is 0. The molecular formula is C11H15N5O2. The second kappa shape index (κ2) is 4.40. The predicted octanol–water partition coefficient (Wildman–Crippen LogP) is -0.881. The van der Waals surface area contributed by atoms with Crippen LogP contribution in [0.4, 0.5) is 0 Å². The SMILES string of the molecule is O=C1CC[C@@H](C(=O)NCc2nnc3n2CCC3)N1. The Morgan fingerprint density at radius 2 is 2.33 bits per heavy atom. The van der Waals surface area contributed by atoms with E-state index in [0.29, 0.717) is 19.4 Å². The summed E-state index contributed by atoms with van der Waals surface area (Å²) < 4.78 is 2.05. The van der Waals surface area contributed by atoms with E-state index in [9.17, 15) is 9.59 Å². The summed E-state index contributed by atoms with van der Waals surface area (Å²) in [5.74, 6) is 1.59. The zero-order valence-electron chi connectivity index (χ0n) is 9.98. The first-order valence-electron chi connectivity index (χ1n) is 6.22. The maximum atomic E-state index is 11.8. The Balaban J connectivity index is 1.57. The number of carbonyl (C=O) groups is 2. The van der Waals surface area contributed by atoms with E-state index in [0.717, 1.165) is 31.0 Å². The molecule has 0 unspecified atom stereocenters. The van der Waals surface area contributed by atoms with Crippen molar-refractivity contribution in [1.82, 2.24) is 25.4 Å². The summed E-state index contributed by atoms with van der Waals surface area (Å²) in [6.07, 6.45) is 3.05. The van der Waals surface area contributed by atoms with Gasteiger partial charge in [0.1, 0.15) is 11.9 Å². The van der Waals surface area contributed by atoms with E-state index < -0.39 is 6.04 Å². The van der Waals surface area contributed by atoms with Gasteiger partial charge in [-0.3, -0.25) is 9.59 Å². The van der Waals surface area contributed by atoms with Crippen LogP contribution in [0.5, 0.6) is 0 Å². The third-order valence-electron chi connectivity index (χ3n) is 3.42. The quantitative estimate of drug-likeness (QED) is 0.728. The van der Waals surface area contributed by atoms with Crippen LogP contribution in [0.1, 0.15) is 30.9 Å². The number of nitrogens with zero attached hydrogens (tertiary/aromatic N) is 3. The largest absolute Gasteiger partial charge is 0.347 e. The first kappa shape index (κ1) is 11.2. The number of amides is 2. The smallest absolute Gasteiger partial charge is 0.242 e. The number of hydrogen-bond donors (Lipinski definition) is 2. The molecule has 96 valence electrons. The number of nitrogens with one attached hydrogen (secondary N) is 2. The molecule has 18 heavy (non-hydrogen) atoms. The molecule has 3 rings (SSSR count). The highest BCUT2D eigenvalue weighted by Crippen LogP contribution is 2.14. The lowest BCUT2D eigenvalue weighted by atomic mass is 10.2. The molecule has 1 fully saturated rings. The van der Waals surface area contributed by atoms with E-state index in [2.05, 4.69) is 20.8 Å². The Kier molecular flexibility index (Phi) is 2.73. The van der Waals surface area contributed by atoms with Crippen molar-refractivity contribution >= 4 is 11.8 Å². The fourth-order valence-corrected chi connectivity index (χ4v) is 2.44. The van der Waals surface area contributed by atoms with Crippen molar-refractivity contribution in [3.63, 3.8) is 0 Å². The molecule has 7 nitrogen and oxygen atoms in total. The lowest BCUT2D eigenvalue weighted by Crippen LogP contribution is -2.41. The molecule has 0 saturated carbocycles. The molecule has 1 aromatic rings. The maximum Gasteiger partial charge on any atom is 0.242 e. The third kappa shape index (κ3) is 1.96. The van der Waals surface area contributed by atoms with E-state index in [-0.39, 0.29) is 11.8 Å². The lowest BCUT2D eigenvalue weighted by molar-refractivity contribution is -0.125. The Bertz CT molecular complexity index is 496. The molecule has 0 radical (unpaired) electrons. The van der Waals surface area contributed by atoms with E-state index in [1.807, 2.05) is 4.57 Å². The highest BCUT2D eigenvalue weighted by atomic mass is 16.2. The normalized spacial score (nSPS) is 21.8. The Labute approximate surface area is 104 Å². The highest BCUT2D eigenvalue weighted by Gasteiger charge is 2.27. The Hall–Kier alpha value is -1.92.